The highest BCUT2D eigenvalue weighted by molar-refractivity contribution is 7.87. The number of halogens is 1. The fourth-order valence-corrected chi connectivity index (χ4v) is 1.90. The van der Waals surface area contributed by atoms with E-state index in [0.717, 1.165) is 17.1 Å². The van der Waals surface area contributed by atoms with Gasteiger partial charge in [-0.1, -0.05) is 0 Å². The van der Waals surface area contributed by atoms with Crippen molar-refractivity contribution < 1.29 is 8.42 Å². The predicted octanol–water partition coefficient (Wildman–Crippen LogP) is -0.706. The van der Waals surface area contributed by atoms with Gasteiger partial charge < -0.3 is 5.73 Å². The van der Waals surface area contributed by atoms with Crippen LogP contribution in [0, 0.1) is 0 Å². The summed E-state index contributed by atoms with van der Waals surface area (Å²) in [6.07, 6.45) is 1.49. The molecule has 0 unspecified atom stereocenters. The van der Waals surface area contributed by atoms with E-state index in [4.69, 9.17) is 5.73 Å². The summed E-state index contributed by atoms with van der Waals surface area (Å²) in [5, 5.41) is 0. The van der Waals surface area contributed by atoms with Crippen molar-refractivity contribution in [1.29, 1.82) is 0 Å². The topological polar surface area (TPSA) is 75.4 Å². The van der Waals surface area contributed by atoms with Crippen molar-refractivity contribution in [3.8, 4) is 0 Å². The van der Waals surface area contributed by atoms with Gasteiger partial charge in [0.25, 0.3) is 10.2 Å². The Labute approximate surface area is 85.3 Å². The Kier molecular flexibility index (Phi) is 4.61. The number of nitrogens with one attached hydrogen (secondary N) is 1. The van der Waals surface area contributed by atoms with Gasteiger partial charge in [0.15, 0.2) is 0 Å². The maximum atomic E-state index is 11.2. The molecule has 1 aliphatic rings. The quantitative estimate of drug-likeness (QED) is 0.672. The molecule has 1 saturated carbocycles. The molecule has 1 aliphatic carbocycles. The maximum Gasteiger partial charge on any atom is 0.279 e. The Bertz CT molecular complexity index is 249. The largest absolute Gasteiger partial charge is 0.328 e. The highest BCUT2D eigenvalue weighted by Gasteiger charge is 2.30. The molecule has 3 N–H and O–H groups in total. The molecule has 0 aliphatic heterocycles. The second-order valence-electron chi connectivity index (χ2n) is 3.33. The number of hydrogen-bond donors (Lipinski definition) is 2. The summed E-state index contributed by atoms with van der Waals surface area (Å²) in [5.41, 5.74) is 5.52. The van der Waals surface area contributed by atoms with Crippen LogP contribution in [0.15, 0.2) is 0 Å². The van der Waals surface area contributed by atoms with Crippen molar-refractivity contribution >= 4 is 22.6 Å². The lowest BCUT2D eigenvalue weighted by Gasteiger charge is -2.33. The molecule has 7 heteroatoms. The molecule has 80 valence electrons. The highest BCUT2D eigenvalue weighted by Crippen LogP contribution is 2.18. The number of nitrogens with two attached hydrogens (primary N) is 1. The molecule has 0 amide bonds. The van der Waals surface area contributed by atoms with E-state index in [9.17, 15) is 8.42 Å². The molecule has 0 spiro atoms. The number of nitrogens with zero attached hydrogens (tertiary/aromatic N) is 1. The number of rotatable bonds is 3. The molecule has 0 bridgehead atoms. The van der Waals surface area contributed by atoms with Crippen LogP contribution in [-0.4, -0.2) is 38.9 Å². The fraction of sp³-hybridized carbons (Fsp3) is 1.00. The SMILES string of the molecule is CN(C)S(=O)(=O)NC1CC(N)C1.Cl. The van der Waals surface area contributed by atoms with E-state index in [1.54, 1.807) is 0 Å². The molecule has 0 aromatic carbocycles. The van der Waals surface area contributed by atoms with Crippen molar-refractivity contribution in [2.75, 3.05) is 14.1 Å². The molecular weight excluding hydrogens is 214 g/mol. The van der Waals surface area contributed by atoms with Crippen LogP contribution in [0.25, 0.3) is 0 Å². The zero-order valence-electron chi connectivity index (χ0n) is 7.73. The molecule has 0 radical (unpaired) electrons. The standard InChI is InChI=1S/C6H15N3O2S.ClH/c1-9(2)12(10,11)8-6-3-5(7)4-6;/h5-6,8H,3-4,7H2,1-2H3;1H. The van der Waals surface area contributed by atoms with E-state index in [1.807, 2.05) is 0 Å². The first kappa shape index (κ1) is 13.1. The van der Waals surface area contributed by atoms with Gasteiger partial charge in [-0.05, 0) is 12.8 Å². The van der Waals surface area contributed by atoms with Crippen LogP contribution in [-0.2, 0) is 10.2 Å². The molecule has 1 rings (SSSR count). The molecule has 0 heterocycles. The summed E-state index contributed by atoms with van der Waals surface area (Å²) < 4.78 is 26.1. The third-order valence-electron chi connectivity index (χ3n) is 1.97. The van der Waals surface area contributed by atoms with Gasteiger partial charge in [0.2, 0.25) is 0 Å². The van der Waals surface area contributed by atoms with Gasteiger partial charge in [-0.3, -0.25) is 0 Å². The minimum Gasteiger partial charge on any atom is -0.328 e. The summed E-state index contributed by atoms with van der Waals surface area (Å²) in [6.45, 7) is 0. The molecule has 5 nitrogen and oxygen atoms in total. The zero-order chi connectivity index (χ0) is 9.35. The van der Waals surface area contributed by atoms with Crippen LogP contribution in [0.1, 0.15) is 12.8 Å². The second-order valence-corrected chi connectivity index (χ2v) is 5.25. The van der Waals surface area contributed by atoms with E-state index in [1.165, 1.54) is 14.1 Å². The van der Waals surface area contributed by atoms with E-state index in [-0.39, 0.29) is 24.5 Å². The van der Waals surface area contributed by atoms with E-state index < -0.39 is 10.2 Å². The van der Waals surface area contributed by atoms with Gasteiger partial charge in [0, 0.05) is 26.2 Å². The molecule has 0 saturated heterocycles. The molecule has 0 aromatic rings. The lowest BCUT2D eigenvalue weighted by molar-refractivity contribution is 0.321. The zero-order valence-corrected chi connectivity index (χ0v) is 9.36. The summed E-state index contributed by atoms with van der Waals surface area (Å²) >= 11 is 0. The van der Waals surface area contributed by atoms with E-state index in [2.05, 4.69) is 4.72 Å². The normalized spacial score (nSPS) is 28.0. The van der Waals surface area contributed by atoms with Crippen molar-refractivity contribution in [3.05, 3.63) is 0 Å². The van der Waals surface area contributed by atoms with Gasteiger partial charge in [-0.15, -0.1) is 12.4 Å². The van der Waals surface area contributed by atoms with Crippen molar-refractivity contribution in [2.45, 2.75) is 24.9 Å². The summed E-state index contributed by atoms with van der Waals surface area (Å²) in [6, 6.07) is 0.201. The van der Waals surface area contributed by atoms with Gasteiger partial charge >= 0.3 is 0 Å². The van der Waals surface area contributed by atoms with Gasteiger partial charge in [-0.2, -0.15) is 17.4 Å². The molecular formula is C6H16ClN3O2S. The van der Waals surface area contributed by atoms with E-state index >= 15 is 0 Å². The molecule has 13 heavy (non-hydrogen) atoms. The Morgan fingerprint density at radius 1 is 1.38 bits per heavy atom. The third kappa shape index (κ3) is 3.40. The first-order valence-electron chi connectivity index (χ1n) is 3.87. The maximum absolute atomic E-state index is 11.2. The lowest BCUT2D eigenvalue weighted by atomic mass is 9.89. The number of hydrogen-bond acceptors (Lipinski definition) is 3. The Balaban J connectivity index is 0.00000144. The van der Waals surface area contributed by atoms with Gasteiger partial charge in [0.1, 0.15) is 0 Å². The average molecular weight is 230 g/mol. The minimum absolute atomic E-state index is 0. The average Bonchev–Trinajstić information content (AvgIpc) is 1.83. The molecule has 0 atom stereocenters. The summed E-state index contributed by atoms with van der Waals surface area (Å²) in [5.74, 6) is 0. The van der Waals surface area contributed by atoms with E-state index in [0.29, 0.717) is 0 Å². The Morgan fingerprint density at radius 2 is 1.85 bits per heavy atom. The van der Waals surface area contributed by atoms with Gasteiger partial charge in [-0.25, -0.2) is 0 Å². The van der Waals surface area contributed by atoms with Crippen LogP contribution in [0.4, 0.5) is 0 Å². The van der Waals surface area contributed by atoms with Crippen LogP contribution in [0.2, 0.25) is 0 Å². The monoisotopic (exact) mass is 229 g/mol. The molecule has 1 fully saturated rings. The van der Waals surface area contributed by atoms with Crippen LogP contribution >= 0.6 is 12.4 Å². The van der Waals surface area contributed by atoms with Crippen molar-refractivity contribution in [1.82, 2.24) is 9.03 Å². The summed E-state index contributed by atoms with van der Waals surface area (Å²) in [7, 11) is -0.252. The molecule has 0 aromatic heterocycles. The third-order valence-corrected chi connectivity index (χ3v) is 3.56. The van der Waals surface area contributed by atoms with Gasteiger partial charge in [0.05, 0.1) is 0 Å². The second kappa shape index (κ2) is 4.56. The fourth-order valence-electron chi connectivity index (χ4n) is 1.07. The highest BCUT2D eigenvalue weighted by atomic mass is 35.5. The van der Waals surface area contributed by atoms with Crippen LogP contribution in [0.5, 0.6) is 0 Å². The lowest BCUT2D eigenvalue weighted by Crippen LogP contribution is -2.52. The van der Waals surface area contributed by atoms with Crippen molar-refractivity contribution in [2.24, 2.45) is 5.73 Å². The smallest absolute Gasteiger partial charge is 0.279 e. The van der Waals surface area contributed by atoms with Crippen LogP contribution < -0.4 is 10.5 Å². The first-order valence-corrected chi connectivity index (χ1v) is 5.31. The van der Waals surface area contributed by atoms with Crippen molar-refractivity contribution in [3.63, 3.8) is 0 Å². The van der Waals surface area contributed by atoms with Crippen LogP contribution in [0.3, 0.4) is 0 Å². The Hall–Kier alpha value is 0.120. The first-order chi connectivity index (χ1) is 5.42. The predicted molar refractivity (Wildman–Crippen MR) is 54.0 cm³/mol. The summed E-state index contributed by atoms with van der Waals surface area (Å²) in [4.78, 5) is 0. The Morgan fingerprint density at radius 3 is 2.15 bits per heavy atom. The minimum atomic E-state index is -3.25.